The van der Waals surface area contributed by atoms with Crippen molar-refractivity contribution < 1.29 is 4.74 Å². The summed E-state index contributed by atoms with van der Waals surface area (Å²) in [5.41, 5.74) is 6.10. The SMILES string of the molecule is CCC1CN(CCOCCC(C)C)CCC1N. The van der Waals surface area contributed by atoms with E-state index >= 15 is 0 Å². The predicted octanol–water partition coefficient (Wildman–Crippen LogP) is 2.11. The largest absolute Gasteiger partial charge is 0.380 e. The van der Waals surface area contributed by atoms with E-state index in [9.17, 15) is 0 Å². The molecule has 1 aliphatic heterocycles. The Labute approximate surface area is 107 Å². The zero-order valence-electron chi connectivity index (χ0n) is 11.8. The van der Waals surface area contributed by atoms with Crippen LogP contribution < -0.4 is 5.73 Å². The van der Waals surface area contributed by atoms with E-state index in [1.165, 1.54) is 12.8 Å². The quantitative estimate of drug-likeness (QED) is 0.695. The molecule has 2 atom stereocenters. The number of likely N-dealkylation sites (tertiary alicyclic amines) is 1. The van der Waals surface area contributed by atoms with Crippen LogP contribution in [0, 0.1) is 11.8 Å². The molecule has 0 bridgehead atoms. The van der Waals surface area contributed by atoms with Crippen LogP contribution >= 0.6 is 0 Å². The molecule has 3 nitrogen and oxygen atoms in total. The molecule has 1 fully saturated rings. The number of hydrogen-bond donors (Lipinski definition) is 1. The number of nitrogens with zero attached hydrogens (tertiary/aromatic N) is 1. The Morgan fingerprint density at radius 2 is 2.12 bits per heavy atom. The summed E-state index contributed by atoms with van der Waals surface area (Å²) in [4.78, 5) is 2.51. The fraction of sp³-hybridized carbons (Fsp3) is 1.00. The Balaban J connectivity index is 2.07. The van der Waals surface area contributed by atoms with Crippen LogP contribution in [0.15, 0.2) is 0 Å². The molecule has 1 aliphatic rings. The van der Waals surface area contributed by atoms with Gasteiger partial charge in [0.05, 0.1) is 6.61 Å². The van der Waals surface area contributed by atoms with Crippen molar-refractivity contribution in [3.05, 3.63) is 0 Å². The van der Waals surface area contributed by atoms with Gasteiger partial charge in [-0.3, -0.25) is 0 Å². The molecule has 102 valence electrons. The van der Waals surface area contributed by atoms with E-state index < -0.39 is 0 Å². The molecule has 17 heavy (non-hydrogen) atoms. The van der Waals surface area contributed by atoms with Gasteiger partial charge in [-0.05, 0) is 31.2 Å². The molecule has 0 aromatic rings. The minimum absolute atomic E-state index is 0.415. The van der Waals surface area contributed by atoms with E-state index in [1.807, 2.05) is 0 Å². The Morgan fingerprint density at radius 3 is 2.76 bits per heavy atom. The molecular formula is C14H30N2O. The molecule has 1 saturated heterocycles. The summed E-state index contributed by atoms with van der Waals surface area (Å²) in [6.07, 6.45) is 3.51. The average molecular weight is 242 g/mol. The van der Waals surface area contributed by atoms with Crippen LogP contribution in [0.1, 0.15) is 40.0 Å². The van der Waals surface area contributed by atoms with Crippen molar-refractivity contribution in [2.45, 2.75) is 46.1 Å². The third-order valence-electron chi connectivity index (χ3n) is 3.79. The van der Waals surface area contributed by atoms with Crippen LogP contribution in [0.25, 0.3) is 0 Å². The van der Waals surface area contributed by atoms with E-state index in [-0.39, 0.29) is 0 Å². The molecule has 2 unspecified atom stereocenters. The van der Waals surface area contributed by atoms with Crippen molar-refractivity contribution in [2.24, 2.45) is 17.6 Å². The summed E-state index contributed by atoms with van der Waals surface area (Å²) < 4.78 is 5.67. The van der Waals surface area contributed by atoms with Gasteiger partial charge in [0.2, 0.25) is 0 Å². The summed E-state index contributed by atoms with van der Waals surface area (Å²) in [6.45, 7) is 11.9. The molecule has 3 heteroatoms. The zero-order valence-corrected chi connectivity index (χ0v) is 11.8. The predicted molar refractivity (Wildman–Crippen MR) is 73.1 cm³/mol. The molecule has 1 heterocycles. The second-order valence-electron chi connectivity index (χ2n) is 5.72. The third kappa shape index (κ3) is 5.84. The van der Waals surface area contributed by atoms with Crippen molar-refractivity contribution in [2.75, 3.05) is 32.8 Å². The molecule has 0 spiro atoms. The first-order chi connectivity index (χ1) is 8.13. The minimum Gasteiger partial charge on any atom is -0.380 e. The summed E-state index contributed by atoms with van der Waals surface area (Å²) in [5.74, 6) is 1.42. The molecule has 0 amide bonds. The summed E-state index contributed by atoms with van der Waals surface area (Å²) in [7, 11) is 0. The number of nitrogens with two attached hydrogens (primary N) is 1. The van der Waals surface area contributed by atoms with Gasteiger partial charge < -0.3 is 15.4 Å². The normalized spacial score (nSPS) is 26.6. The van der Waals surface area contributed by atoms with Crippen LogP contribution in [-0.4, -0.2) is 43.8 Å². The monoisotopic (exact) mass is 242 g/mol. The topological polar surface area (TPSA) is 38.5 Å². The Kier molecular flexibility index (Phi) is 7.09. The first kappa shape index (κ1) is 14.9. The number of piperidine rings is 1. The zero-order chi connectivity index (χ0) is 12.7. The maximum absolute atomic E-state index is 6.10. The van der Waals surface area contributed by atoms with E-state index in [0.29, 0.717) is 12.0 Å². The highest BCUT2D eigenvalue weighted by atomic mass is 16.5. The van der Waals surface area contributed by atoms with Gasteiger partial charge in [-0.2, -0.15) is 0 Å². The van der Waals surface area contributed by atoms with Crippen molar-refractivity contribution in [3.8, 4) is 0 Å². The standard InChI is InChI=1S/C14H30N2O/c1-4-13-11-16(7-5-14(13)15)8-10-17-9-6-12(2)3/h12-14H,4-11,15H2,1-3H3. The average Bonchev–Trinajstić information content (AvgIpc) is 2.30. The summed E-state index contributed by atoms with van der Waals surface area (Å²) in [6, 6.07) is 0.415. The smallest absolute Gasteiger partial charge is 0.0593 e. The maximum Gasteiger partial charge on any atom is 0.0593 e. The molecule has 0 aromatic heterocycles. The van der Waals surface area contributed by atoms with E-state index in [0.717, 1.165) is 45.2 Å². The second-order valence-corrected chi connectivity index (χ2v) is 5.72. The Hall–Kier alpha value is -0.120. The van der Waals surface area contributed by atoms with Crippen LogP contribution in [0.3, 0.4) is 0 Å². The molecule has 1 rings (SSSR count). The van der Waals surface area contributed by atoms with E-state index in [4.69, 9.17) is 10.5 Å². The van der Waals surface area contributed by atoms with Crippen molar-refractivity contribution in [3.63, 3.8) is 0 Å². The van der Waals surface area contributed by atoms with Gasteiger partial charge in [0.15, 0.2) is 0 Å². The highest BCUT2D eigenvalue weighted by Gasteiger charge is 2.24. The lowest BCUT2D eigenvalue weighted by atomic mass is 9.91. The molecule has 2 N–H and O–H groups in total. The lowest BCUT2D eigenvalue weighted by Crippen LogP contribution is -2.47. The first-order valence-corrected chi connectivity index (χ1v) is 7.19. The first-order valence-electron chi connectivity index (χ1n) is 7.19. The van der Waals surface area contributed by atoms with Gasteiger partial charge >= 0.3 is 0 Å². The fourth-order valence-electron chi connectivity index (χ4n) is 2.38. The minimum atomic E-state index is 0.415. The van der Waals surface area contributed by atoms with Gasteiger partial charge in [0, 0.05) is 25.7 Å². The van der Waals surface area contributed by atoms with Gasteiger partial charge in [0.25, 0.3) is 0 Å². The third-order valence-corrected chi connectivity index (χ3v) is 3.79. The van der Waals surface area contributed by atoms with E-state index in [1.54, 1.807) is 0 Å². The van der Waals surface area contributed by atoms with Crippen LogP contribution in [0.5, 0.6) is 0 Å². The highest BCUT2D eigenvalue weighted by molar-refractivity contribution is 4.81. The Bertz CT molecular complexity index is 197. The lowest BCUT2D eigenvalue weighted by Gasteiger charge is -2.36. The Morgan fingerprint density at radius 1 is 1.35 bits per heavy atom. The van der Waals surface area contributed by atoms with Crippen LogP contribution in [-0.2, 0) is 4.74 Å². The van der Waals surface area contributed by atoms with Crippen LogP contribution in [0.4, 0.5) is 0 Å². The highest BCUT2D eigenvalue weighted by Crippen LogP contribution is 2.18. The molecule has 0 saturated carbocycles. The van der Waals surface area contributed by atoms with Gasteiger partial charge in [-0.15, -0.1) is 0 Å². The van der Waals surface area contributed by atoms with Gasteiger partial charge in [0.1, 0.15) is 0 Å². The molecular weight excluding hydrogens is 212 g/mol. The number of ether oxygens (including phenoxy) is 1. The fourth-order valence-corrected chi connectivity index (χ4v) is 2.38. The van der Waals surface area contributed by atoms with Crippen molar-refractivity contribution in [1.29, 1.82) is 0 Å². The summed E-state index contributed by atoms with van der Waals surface area (Å²) >= 11 is 0. The van der Waals surface area contributed by atoms with Gasteiger partial charge in [-0.1, -0.05) is 27.2 Å². The number of hydrogen-bond acceptors (Lipinski definition) is 3. The summed E-state index contributed by atoms with van der Waals surface area (Å²) in [5, 5.41) is 0. The molecule has 0 radical (unpaired) electrons. The lowest BCUT2D eigenvalue weighted by molar-refractivity contribution is 0.0741. The van der Waals surface area contributed by atoms with Gasteiger partial charge in [-0.25, -0.2) is 0 Å². The molecule has 0 aromatic carbocycles. The van der Waals surface area contributed by atoms with Crippen molar-refractivity contribution in [1.82, 2.24) is 4.90 Å². The molecule has 0 aliphatic carbocycles. The maximum atomic E-state index is 6.10. The van der Waals surface area contributed by atoms with E-state index in [2.05, 4.69) is 25.7 Å². The van der Waals surface area contributed by atoms with Crippen molar-refractivity contribution >= 4 is 0 Å². The van der Waals surface area contributed by atoms with Crippen LogP contribution in [0.2, 0.25) is 0 Å². The number of rotatable bonds is 7. The second kappa shape index (κ2) is 8.06.